The first-order valence-corrected chi connectivity index (χ1v) is 10.8. The van der Waals surface area contributed by atoms with Gasteiger partial charge in [-0.2, -0.15) is 5.26 Å². The van der Waals surface area contributed by atoms with Crippen molar-refractivity contribution in [3.05, 3.63) is 48.0 Å². The highest BCUT2D eigenvalue weighted by Gasteiger charge is 2.43. The Hall–Kier alpha value is -3.81. The van der Waals surface area contributed by atoms with Gasteiger partial charge in [0.05, 0.1) is 25.5 Å². The van der Waals surface area contributed by atoms with Gasteiger partial charge in [-0.25, -0.2) is 4.79 Å². The normalized spacial score (nSPS) is 16.4. The van der Waals surface area contributed by atoms with E-state index in [2.05, 4.69) is 5.32 Å². The number of rotatable bonds is 11. The summed E-state index contributed by atoms with van der Waals surface area (Å²) in [6.07, 6.45) is -0.834. The van der Waals surface area contributed by atoms with E-state index in [1.54, 1.807) is 49.4 Å². The number of carbonyl (C=O) groups is 2. The van der Waals surface area contributed by atoms with Crippen LogP contribution in [0.4, 0.5) is 10.5 Å². The topological polar surface area (TPSA) is 124 Å². The number of imide groups is 1. The largest absolute Gasteiger partial charge is 0.493 e. The first kappa shape index (κ1) is 24.8. The van der Waals surface area contributed by atoms with E-state index in [-0.39, 0.29) is 25.6 Å². The van der Waals surface area contributed by atoms with Crippen molar-refractivity contribution < 1.29 is 28.9 Å². The molecular formula is C24H28N4O6. The van der Waals surface area contributed by atoms with Crippen LogP contribution in [0.2, 0.25) is 0 Å². The van der Waals surface area contributed by atoms with Crippen LogP contribution >= 0.6 is 0 Å². The second kappa shape index (κ2) is 11.4. The Morgan fingerprint density at radius 1 is 1.12 bits per heavy atom. The number of methoxy groups -OCH3 is 2. The predicted molar refractivity (Wildman–Crippen MR) is 124 cm³/mol. The van der Waals surface area contributed by atoms with Crippen LogP contribution in [0.1, 0.15) is 12.5 Å². The van der Waals surface area contributed by atoms with Gasteiger partial charge in [-0.1, -0.05) is 12.1 Å². The molecule has 34 heavy (non-hydrogen) atoms. The number of amides is 3. The first-order valence-electron chi connectivity index (χ1n) is 10.8. The molecule has 0 aromatic heterocycles. The Bertz CT molecular complexity index is 1070. The summed E-state index contributed by atoms with van der Waals surface area (Å²) in [6.45, 7) is 2.31. The zero-order valence-electron chi connectivity index (χ0n) is 19.4. The number of urea groups is 1. The zero-order valence-corrected chi connectivity index (χ0v) is 19.4. The van der Waals surface area contributed by atoms with Gasteiger partial charge in [-0.05, 0) is 31.2 Å². The fourth-order valence-corrected chi connectivity index (χ4v) is 3.63. The van der Waals surface area contributed by atoms with Gasteiger partial charge < -0.3 is 24.6 Å². The molecule has 1 fully saturated rings. The average molecular weight is 469 g/mol. The number of aliphatic hydroxyl groups excluding tert-OH is 1. The van der Waals surface area contributed by atoms with E-state index in [0.29, 0.717) is 35.0 Å². The molecule has 3 rings (SSSR count). The number of benzene rings is 2. The van der Waals surface area contributed by atoms with Gasteiger partial charge in [0.2, 0.25) is 0 Å². The molecule has 180 valence electrons. The Morgan fingerprint density at radius 2 is 1.85 bits per heavy atom. The SMILES string of the molecule is COc1ccc(N2C(=O)N(CCNCC(O)COc3ccccc3C#N)C(=O)C2C)cc1OC. The average Bonchev–Trinajstić information content (AvgIpc) is 3.07. The van der Waals surface area contributed by atoms with Crippen molar-refractivity contribution in [3.63, 3.8) is 0 Å². The van der Waals surface area contributed by atoms with Crippen molar-refractivity contribution in [2.75, 3.05) is 45.4 Å². The van der Waals surface area contributed by atoms with Crippen LogP contribution in [0.15, 0.2) is 42.5 Å². The van der Waals surface area contributed by atoms with Gasteiger partial charge in [-0.15, -0.1) is 0 Å². The van der Waals surface area contributed by atoms with E-state index < -0.39 is 18.2 Å². The van der Waals surface area contributed by atoms with Crippen molar-refractivity contribution >= 4 is 17.6 Å². The van der Waals surface area contributed by atoms with Crippen LogP contribution in [0.3, 0.4) is 0 Å². The summed E-state index contributed by atoms with van der Waals surface area (Å²) in [6, 6.07) is 12.8. The summed E-state index contributed by atoms with van der Waals surface area (Å²) in [5.41, 5.74) is 0.922. The van der Waals surface area contributed by atoms with Gasteiger partial charge in [0, 0.05) is 25.7 Å². The van der Waals surface area contributed by atoms with Crippen LogP contribution in [-0.2, 0) is 4.79 Å². The molecule has 0 saturated carbocycles. The van der Waals surface area contributed by atoms with Crippen LogP contribution in [0, 0.1) is 11.3 Å². The number of nitriles is 1. The molecule has 2 N–H and O–H groups in total. The second-order valence-electron chi connectivity index (χ2n) is 7.63. The third-order valence-electron chi connectivity index (χ3n) is 5.42. The molecule has 1 heterocycles. The lowest BCUT2D eigenvalue weighted by Gasteiger charge is -2.21. The standard InChI is InChI=1S/C24H28N4O6/c1-16-23(30)27(24(31)28(16)18-8-9-21(32-2)22(12-18)33-3)11-10-26-14-19(29)15-34-20-7-5-4-6-17(20)13-25/h4-9,12,16,19,26,29H,10-11,14-15H2,1-3H3. The Balaban J connectivity index is 1.51. The maximum atomic E-state index is 13.0. The van der Waals surface area contributed by atoms with Crippen LogP contribution in [-0.4, -0.2) is 74.6 Å². The van der Waals surface area contributed by atoms with Crippen molar-refractivity contribution in [2.45, 2.75) is 19.1 Å². The maximum Gasteiger partial charge on any atom is 0.332 e. The Labute approximate surface area is 198 Å². The summed E-state index contributed by atoms with van der Waals surface area (Å²) < 4.78 is 16.0. The molecule has 2 aromatic rings. The fourth-order valence-electron chi connectivity index (χ4n) is 3.63. The number of ether oxygens (including phenoxy) is 3. The smallest absolute Gasteiger partial charge is 0.332 e. The summed E-state index contributed by atoms with van der Waals surface area (Å²) in [4.78, 5) is 28.3. The van der Waals surface area contributed by atoms with Gasteiger partial charge in [0.1, 0.15) is 30.6 Å². The molecule has 0 bridgehead atoms. The van der Waals surface area contributed by atoms with Gasteiger partial charge in [-0.3, -0.25) is 14.6 Å². The number of nitrogens with zero attached hydrogens (tertiary/aromatic N) is 3. The molecule has 2 unspecified atom stereocenters. The molecule has 10 heteroatoms. The monoisotopic (exact) mass is 468 g/mol. The zero-order chi connectivity index (χ0) is 24.7. The lowest BCUT2D eigenvalue weighted by Crippen LogP contribution is -2.40. The van der Waals surface area contributed by atoms with Crippen LogP contribution < -0.4 is 24.4 Å². The molecule has 2 aromatic carbocycles. The molecular weight excluding hydrogens is 440 g/mol. The number of aliphatic hydroxyl groups is 1. The van der Waals surface area contributed by atoms with Crippen molar-refractivity contribution in [1.29, 1.82) is 5.26 Å². The third-order valence-corrected chi connectivity index (χ3v) is 5.42. The summed E-state index contributed by atoms with van der Waals surface area (Å²) in [5, 5.41) is 22.3. The molecule has 1 aliphatic heterocycles. The quantitative estimate of drug-likeness (QED) is 0.378. The number of para-hydroxylation sites is 1. The summed E-state index contributed by atoms with van der Waals surface area (Å²) in [5.74, 6) is 1.08. The fraction of sp³-hybridized carbons (Fsp3) is 0.375. The highest BCUT2D eigenvalue weighted by atomic mass is 16.5. The van der Waals surface area contributed by atoms with Crippen molar-refractivity contribution in [3.8, 4) is 23.3 Å². The third kappa shape index (κ3) is 5.39. The van der Waals surface area contributed by atoms with E-state index in [4.69, 9.17) is 19.5 Å². The Morgan fingerprint density at radius 3 is 2.56 bits per heavy atom. The summed E-state index contributed by atoms with van der Waals surface area (Å²) in [7, 11) is 3.02. The first-order chi connectivity index (χ1) is 16.4. The summed E-state index contributed by atoms with van der Waals surface area (Å²) >= 11 is 0. The van der Waals surface area contributed by atoms with E-state index >= 15 is 0 Å². The Kier molecular flexibility index (Phi) is 8.29. The second-order valence-corrected chi connectivity index (χ2v) is 7.63. The highest BCUT2D eigenvalue weighted by molar-refractivity contribution is 6.14. The van der Waals surface area contributed by atoms with Crippen molar-refractivity contribution in [2.24, 2.45) is 0 Å². The van der Waals surface area contributed by atoms with E-state index in [1.807, 2.05) is 6.07 Å². The van der Waals surface area contributed by atoms with E-state index in [1.165, 1.54) is 24.0 Å². The van der Waals surface area contributed by atoms with Gasteiger partial charge in [0.15, 0.2) is 11.5 Å². The van der Waals surface area contributed by atoms with Crippen LogP contribution in [0.25, 0.3) is 0 Å². The number of nitrogens with one attached hydrogen (secondary N) is 1. The highest BCUT2D eigenvalue weighted by Crippen LogP contribution is 2.34. The molecule has 10 nitrogen and oxygen atoms in total. The number of anilines is 1. The minimum Gasteiger partial charge on any atom is -0.493 e. The maximum absolute atomic E-state index is 13.0. The number of carbonyl (C=O) groups excluding carboxylic acids is 2. The molecule has 0 aliphatic carbocycles. The molecule has 2 atom stereocenters. The minimum absolute atomic E-state index is 0.00260. The van der Waals surface area contributed by atoms with Crippen molar-refractivity contribution in [1.82, 2.24) is 10.2 Å². The lowest BCUT2D eigenvalue weighted by molar-refractivity contribution is -0.126. The molecule has 0 radical (unpaired) electrons. The van der Waals surface area contributed by atoms with E-state index in [9.17, 15) is 14.7 Å². The number of hydrogen-bond donors (Lipinski definition) is 2. The molecule has 3 amide bonds. The van der Waals surface area contributed by atoms with Crippen LogP contribution in [0.5, 0.6) is 17.2 Å². The minimum atomic E-state index is -0.834. The predicted octanol–water partition coefficient (Wildman–Crippen LogP) is 1.76. The molecule has 1 aliphatic rings. The van der Waals surface area contributed by atoms with Gasteiger partial charge >= 0.3 is 6.03 Å². The van der Waals surface area contributed by atoms with E-state index in [0.717, 1.165) is 0 Å². The number of hydrogen-bond acceptors (Lipinski definition) is 8. The molecule has 0 spiro atoms. The molecule has 1 saturated heterocycles. The van der Waals surface area contributed by atoms with Gasteiger partial charge in [0.25, 0.3) is 5.91 Å². The lowest BCUT2D eigenvalue weighted by atomic mass is 10.2.